The van der Waals surface area contributed by atoms with Gasteiger partial charge in [-0.05, 0) is 30.0 Å². The van der Waals surface area contributed by atoms with Crippen molar-refractivity contribution in [2.24, 2.45) is 5.92 Å². The van der Waals surface area contributed by atoms with Crippen LogP contribution >= 0.6 is 0 Å². The second-order valence-corrected chi connectivity index (χ2v) is 9.38. The molecule has 1 amide bonds. The van der Waals surface area contributed by atoms with Gasteiger partial charge in [-0.15, -0.1) is 0 Å². The van der Waals surface area contributed by atoms with Crippen molar-refractivity contribution >= 4 is 21.6 Å². The Hall–Kier alpha value is -2.61. The molecule has 1 N–H and O–H groups in total. The van der Waals surface area contributed by atoms with Crippen LogP contribution in [0.2, 0.25) is 0 Å². The van der Waals surface area contributed by atoms with Gasteiger partial charge in [-0.2, -0.15) is 0 Å². The fourth-order valence-corrected chi connectivity index (χ4v) is 5.47. The molecule has 1 fully saturated rings. The summed E-state index contributed by atoms with van der Waals surface area (Å²) in [5.74, 6) is 0.187. The van der Waals surface area contributed by atoms with E-state index in [-0.39, 0.29) is 34.7 Å². The van der Waals surface area contributed by atoms with E-state index in [0.29, 0.717) is 25.2 Å². The lowest BCUT2D eigenvalue weighted by molar-refractivity contribution is -0.131. The number of sulfonamides is 1. The molecule has 2 atom stereocenters. The molecule has 1 aromatic heterocycles. The Morgan fingerprint density at radius 1 is 1.11 bits per heavy atom. The molecule has 2 bridgehead atoms. The molecule has 7 nitrogen and oxygen atoms in total. The molecule has 148 valence electrons. The standard InChI is InChI=1S/C20H23N3O4S/c1-14(24)22-10-16-9-17(12-22)19-8-7-18(20(25)23(19)11-16)21-28(26,27)13-15-5-3-2-4-6-15/h2-8,16-17,21H,9-13H2,1H3/t16-,17+/m0/s1. The van der Waals surface area contributed by atoms with E-state index in [9.17, 15) is 18.0 Å². The number of hydrogen-bond acceptors (Lipinski definition) is 4. The second-order valence-electron chi connectivity index (χ2n) is 7.66. The monoisotopic (exact) mass is 401 g/mol. The molecular weight excluding hydrogens is 378 g/mol. The minimum Gasteiger partial charge on any atom is -0.342 e. The lowest BCUT2D eigenvalue weighted by Gasteiger charge is -2.42. The van der Waals surface area contributed by atoms with Crippen LogP contribution in [0.4, 0.5) is 5.69 Å². The van der Waals surface area contributed by atoms with Crippen molar-refractivity contribution in [2.45, 2.75) is 31.6 Å². The summed E-state index contributed by atoms with van der Waals surface area (Å²) in [5.41, 5.74) is 1.29. The molecule has 2 aromatic rings. The number of carbonyl (C=O) groups is 1. The molecule has 0 radical (unpaired) electrons. The maximum absolute atomic E-state index is 12.9. The summed E-state index contributed by atoms with van der Waals surface area (Å²) in [6, 6.07) is 12.2. The van der Waals surface area contributed by atoms with Crippen LogP contribution in [-0.2, 0) is 27.1 Å². The summed E-state index contributed by atoms with van der Waals surface area (Å²) in [5, 5.41) is 0. The average Bonchev–Trinajstić information content (AvgIpc) is 2.64. The van der Waals surface area contributed by atoms with E-state index in [1.807, 2.05) is 17.0 Å². The Bertz CT molecular complexity index is 1060. The van der Waals surface area contributed by atoms with Crippen molar-refractivity contribution < 1.29 is 13.2 Å². The lowest BCUT2D eigenvalue weighted by Crippen LogP contribution is -2.48. The number of carbonyl (C=O) groups excluding carboxylic acids is 1. The molecule has 1 saturated heterocycles. The van der Waals surface area contributed by atoms with Crippen molar-refractivity contribution in [1.82, 2.24) is 9.47 Å². The zero-order valence-corrected chi connectivity index (χ0v) is 16.5. The first-order valence-electron chi connectivity index (χ1n) is 9.36. The van der Waals surface area contributed by atoms with E-state index in [4.69, 9.17) is 0 Å². The third-order valence-electron chi connectivity index (χ3n) is 5.51. The quantitative estimate of drug-likeness (QED) is 0.846. The van der Waals surface area contributed by atoms with Crippen LogP contribution in [0.5, 0.6) is 0 Å². The van der Waals surface area contributed by atoms with Crippen molar-refractivity contribution in [3.63, 3.8) is 0 Å². The minimum absolute atomic E-state index is 0.0517. The number of nitrogens with zero attached hydrogens (tertiary/aromatic N) is 2. The highest BCUT2D eigenvalue weighted by Gasteiger charge is 2.36. The first-order valence-corrected chi connectivity index (χ1v) is 11.0. The number of amides is 1. The van der Waals surface area contributed by atoms with Crippen molar-refractivity contribution in [3.8, 4) is 0 Å². The van der Waals surface area contributed by atoms with E-state index >= 15 is 0 Å². The van der Waals surface area contributed by atoms with Gasteiger partial charge < -0.3 is 9.47 Å². The Balaban J connectivity index is 1.60. The van der Waals surface area contributed by atoms with Crippen LogP contribution in [0, 0.1) is 5.92 Å². The highest BCUT2D eigenvalue weighted by Crippen LogP contribution is 2.35. The van der Waals surface area contributed by atoms with E-state index in [0.717, 1.165) is 12.1 Å². The first kappa shape index (κ1) is 18.7. The molecular formula is C20H23N3O4S. The Morgan fingerprint density at radius 2 is 1.86 bits per heavy atom. The number of hydrogen-bond donors (Lipinski definition) is 1. The maximum Gasteiger partial charge on any atom is 0.275 e. The van der Waals surface area contributed by atoms with Gasteiger partial charge in [0.1, 0.15) is 5.69 Å². The van der Waals surface area contributed by atoms with Crippen LogP contribution in [0.3, 0.4) is 0 Å². The van der Waals surface area contributed by atoms with Gasteiger partial charge in [0, 0.05) is 38.2 Å². The smallest absolute Gasteiger partial charge is 0.275 e. The van der Waals surface area contributed by atoms with Gasteiger partial charge in [0.2, 0.25) is 15.9 Å². The molecule has 2 aliphatic rings. The number of aromatic nitrogens is 1. The van der Waals surface area contributed by atoms with Crippen LogP contribution < -0.4 is 10.3 Å². The van der Waals surface area contributed by atoms with Gasteiger partial charge in [0.15, 0.2) is 0 Å². The summed E-state index contributed by atoms with van der Waals surface area (Å²) in [6.07, 6.45) is 0.947. The predicted molar refractivity (Wildman–Crippen MR) is 106 cm³/mol. The number of fused-ring (bicyclic) bond motifs is 4. The molecule has 0 saturated carbocycles. The minimum atomic E-state index is -3.69. The van der Waals surface area contributed by atoms with Gasteiger partial charge in [-0.25, -0.2) is 8.42 Å². The van der Waals surface area contributed by atoms with E-state index in [1.54, 1.807) is 41.8 Å². The molecule has 4 rings (SSSR count). The predicted octanol–water partition coefficient (Wildman–Crippen LogP) is 1.76. The van der Waals surface area contributed by atoms with Crippen LogP contribution in [-0.4, -0.2) is 36.9 Å². The molecule has 8 heteroatoms. The third kappa shape index (κ3) is 3.69. The number of likely N-dealkylation sites (tertiary alicyclic amines) is 1. The number of rotatable bonds is 4. The SMILES string of the molecule is CC(=O)N1C[C@@H]2C[C@H](C1)c1ccc(NS(=O)(=O)Cc3ccccc3)c(=O)n1C2. The van der Waals surface area contributed by atoms with Gasteiger partial charge in [0.05, 0.1) is 5.75 Å². The molecule has 0 aliphatic carbocycles. The maximum atomic E-state index is 12.9. The number of piperidine rings is 1. The highest BCUT2D eigenvalue weighted by atomic mass is 32.2. The Morgan fingerprint density at radius 3 is 2.57 bits per heavy atom. The molecule has 3 heterocycles. The molecule has 0 spiro atoms. The summed E-state index contributed by atoms with van der Waals surface area (Å²) in [7, 11) is -3.69. The molecule has 28 heavy (non-hydrogen) atoms. The molecule has 2 aliphatic heterocycles. The van der Waals surface area contributed by atoms with Gasteiger partial charge in [0.25, 0.3) is 5.56 Å². The Kier molecular flexibility index (Phi) is 4.74. The van der Waals surface area contributed by atoms with Crippen LogP contribution in [0.25, 0.3) is 0 Å². The number of benzene rings is 1. The highest BCUT2D eigenvalue weighted by molar-refractivity contribution is 7.91. The summed E-state index contributed by atoms with van der Waals surface area (Å²) in [6.45, 7) is 3.31. The fraction of sp³-hybridized carbons (Fsp3) is 0.400. The second kappa shape index (κ2) is 7.09. The van der Waals surface area contributed by atoms with Gasteiger partial charge in [-0.3, -0.25) is 14.3 Å². The van der Waals surface area contributed by atoms with E-state index < -0.39 is 10.0 Å². The van der Waals surface area contributed by atoms with Crippen LogP contribution in [0.1, 0.15) is 30.5 Å². The largest absolute Gasteiger partial charge is 0.342 e. The van der Waals surface area contributed by atoms with Gasteiger partial charge >= 0.3 is 0 Å². The van der Waals surface area contributed by atoms with Gasteiger partial charge in [-0.1, -0.05) is 30.3 Å². The zero-order chi connectivity index (χ0) is 19.9. The van der Waals surface area contributed by atoms with Crippen molar-refractivity contribution in [1.29, 1.82) is 0 Å². The summed E-state index contributed by atoms with van der Waals surface area (Å²) < 4.78 is 29.1. The van der Waals surface area contributed by atoms with Crippen molar-refractivity contribution in [2.75, 3.05) is 17.8 Å². The van der Waals surface area contributed by atoms with E-state index in [1.165, 1.54) is 0 Å². The third-order valence-corrected chi connectivity index (χ3v) is 6.76. The normalized spacial score (nSPS) is 21.1. The zero-order valence-electron chi connectivity index (χ0n) is 15.7. The fourth-order valence-electron chi connectivity index (χ4n) is 4.28. The summed E-state index contributed by atoms with van der Waals surface area (Å²) >= 11 is 0. The van der Waals surface area contributed by atoms with E-state index in [2.05, 4.69) is 4.72 Å². The van der Waals surface area contributed by atoms with Crippen LogP contribution in [0.15, 0.2) is 47.3 Å². The topological polar surface area (TPSA) is 88.5 Å². The molecule has 1 aromatic carbocycles. The lowest BCUT2D eigenvalue weighted by atomic mass is 9.83. The molecule has 0 unspecified atom stereocenters. The van der Waals surface area contributed by atoms with Crippen molar-refractivity contribution in [3.05, 3.63) is 64.1 Å². The average molecular weight is 401 g/mol. The number of nitrogens with one attached hydrogen (secondary N) is 1. The first-order chi connectivity index (χ1) is 13.3. The number of anilines is 1. The summed E-state index contributed by atoms with van der Waals surface area (Å²) in [4.78, 5) is 26.5. The Labute approximate surface area is 164 Å². The number of pyridine rings is 1.